The largest absolute Gasteiger partial charge is 0.443 e. The third kappa shape index (κ3) is 3.00. The second-order valence-electron chi connectivity index (χ2n) is 4.16. The van der Waals surface area contributed by atoms with Crippen molar-refractivity contribution >= 4 is 11.3 Å². The number of ether oxygens (including phenoxy) is 1. The van der Waals surface area contributed by atoms with Gasteiger partial charge in [0.15, 0.2) is 5.01 Å². The van der Waals surface area contributed by atoms with Crippen LogP contribution in [0.15, 0.2) is 6.20 Å². The van der Waals surface area contributed by atoms with Crippen molar-refractivity contribution in [1.82, 2.24) is 10.4 Å². The van der Waals surface area contributed by atoms with E-state index in [-0.39, 0.29) is 12.0 Å². The van der Waals surface area contributed by atoms with Gasteiger partial charge in [-0.25, -0.2) is 4.98 Å². The minimum Gasteiger partial charge on any atom is -0.381 e. The molecule has 8 heteroatoms. The summed E-state index contributed by atoms with van der Waals surface area (Å²) in [5.41, 5.74) is 2.60. The summed E-state index contributed by atoms with van der Waals surface area (Å²) in [6, 6.07) is -0.289. The lowest BCUT2D eigenvalue weighted by atomic mass is 9.91. The van der Waals surface area contributed by atoms with Crippen LogP contribution in [0.4, 0.5) is 13.2 Å². The highest BCUT2D eigenvalue weighted by Crippen LogP contribution is 2.37. The molecule has 0 spiro atoms. The summed E-state index contributed by atoms with van der Waals surface area (Å²) < 4.78 is 42.7. The fourth-order valence-corrected chi connectivity index (χ4v) is 3.00. The highest BCUT2D eigenvalue weighted by molar-refractivity contribution is 7.11. The molecule has 4 nitrogen and oxygen atoms in total. The summed E-state index contributed by atoms with van der Waals surface area (Å²) in [7, 11) is 0. The van der Waals surface area contributed by atoms with Crippen molar-refractivity contribution in [1.29, 1.82) is 0 Å². The molecule has 1 aromatic heterocycles. The average Bonchev–Trinajstić information content (AvgIpc) is 2.81. The van der Waals surface area contributed by atoms with Crippen LogP contribution in [0.25, 0.3) is 0 Å². The van der Waals surface area contributed by atoms with E-state index in [4.69, 9.17) is 10.6 Å². The van der Waals surface area contributed by atoms with E-state index in [1.807, 2.05) is 0 Å². The van der Waals surface area contributed by atoms with Gasteiger partial charge in [-0.05, 0) is 18.8 Å². The zero-order valence-corrected chi connectivity index (χ0v) is 10.4. The van der Waals surface area contributed by atoms with Crippen LogP contribution in [0.5, 0.6) is 0 Å². The summed E-state index contributed by atoms with van der Waals surface area (Å²) in [4.78, 5) is 3.94. The van der Waals surface area contributed by atoms with Crippen molar-refractivity contribution in [2.24, 2.45) is 11.8 Å². The quantitative estimate of drug-likeness (QED) is 0.658. The van der Waals surface area contributed by atoms with Crippen LogP contribution in [0.1, 0.15) is 28.8 Å². The molecular weight excluding hydrogens is 267 g/mol. The van der Waals surface area contributed by atoms with E-state index >= 15 is 0 Å². The number of thiazole rings is 1. The molecule has 0 amide bonds. The normalized spacial score (nSPS) is 20.0. The van der Waals surface area contributed by atoms with Gasteiger partial charge in [0.05, 0.1) is 6.04 Å². The van der Waals surface area contributed by atoms with E-state index in [0.29, 0.717) is 29.4 Å². The zero-order valence-electron chi connectivity index (χ0n) is 9.54. The lowest BCUT2D eigenvalue weighted by Gasteiger charge is -2.28. The van der Waals surface area contributed by atoms with E-state index in [1.54, 1.807) is 0 Å². The molecule has 1 atom stereocenters. The van der Waals surface area contributed by atoms with E-state index in [2.05, 4.69) is 10.4 Å². The summed E-state index contributed by atoms with van der Waals surface area (Å²) in [5.74, 6) is 5.65. The second kappa shape index (κ2) is 5.52. The van der Waals surface area contributed by atoms with E-state index < -0.39 is 11.2 Å². The van der Waals surface area contributed by atoms with Gasteiger partial charge in [0.1, 0.15) is 0 Å². The Bertz CT molecular complexity index is 390. The van der Waals surface area contributed by atoms with Crippen LogP contribution >= 0.6 is 11.3 Å². The first-order chi connectivity index (χ1) is 8.52. The molecule has 0 saturated carbocycles. The zero-order chi connectivity index (χ0) is 13.2. The number of nitrogens with one attached hydrogen (secondary N) is 1. The molecule has 0 bridgehead atoms. The Morgan fingerprint density at radius 1 is 1.44 bits per heavy atom. The summed E-state index contributed by atoms with van der Waals surface area (Å²) in [6.45, 7) is 1.24. The predicted octanol–water partition coefficient (Wildman–Crippen LogP) is 2.09. The molecule has 18 heavy (non-hydrogen) atoms. The standard InChI is InChI=1S/C10H14F3N3OS/c11-10(12,13)9-15-5-7(18-9)8(16-14)6-1-3-17-4-2-6/h5-6,8,16H,1-4,14H2. The number of hydrogen-bond acceptors (Lipinski definition) is 5. The highest BCUT2D eigenvalue weighted by Gasteiger charge is 2.36. The van der Waals surface area contributed by atoms with Gasteiger partial charge in [-0.1, -0.05) is 0 Å². The molecular formula is C10H14F3N3OS. The van der Waals surface area contributed by atoms with Gasteiger partial charge < -0.3 is 4.74 Å². The Kier molecular flexibility index (Phi) is 4.21. The maximum atomic E-state index is 12.5. The maximum Gasteiger partial charge on any atom is 0.443 e. The Morgan fingerprint density at radius 2 is 2.11 bits per heavy atom. The molecule has 1 saturated heterocycles. The number of aromatic nitrogens is 1. The summed E-state index contributed by atoms with van der Waals surface area (Å²) >= 11 is 0.647. The number of nitrogens with two attached hydrogens (primary N) is 1. The molecule has 3 N–H and O–H groups in total. The Labute approximate surface area is 106 Å². The molecule has 2 heterocycles. The number of hydrogen-bond donors (Lipinski definition) is 2. The predicted molar refractivity (Wildman–Crippen MR) is 60.7 cm³/mol. The molecule has 0 aliphatic carbocycles. The molecule has 2 rings (SSSR count). The van der Waals surface area contributed by atoms with Crippen LogP contribution in [-0.4, -0.2) is 18.2 Å². The summed E-state index contributed by atoms with van der Waals surface area (Å²) in [5, 5.41) is -0.829. The lowest BCUT2D eigenvalue weighted by molar-refractivity contribution is -0.137. The van der Waals surface area contributed by atoms with Crippen molar-refractivity contribution in [3.05, 3.63) is 16.1 Å². The van der Waals surface area contributed by atoms with Crippen molar-refractivity contribution in [2.45, 2.75) is 25.1 Å². The van der Waals surface area contributed by atoms with Gasteiger partial charge >= 0.3 is 6.18 Å². The molecule has 1 fully saturated rings. The maximum absolute atomic E-state index is 12.5. The number of nitrogens with zero attached hydrogens (tertiary/aromatic N) is 1. The van der Waals surface area contributed by atoms with E-state index in [9.17, 15) is 13.2 Å². The number of halogens is 3. The van der Waals surface area contributed by atoms with Crippen LogP contribution in [0.2, 0.25) is 0 Å². The average molecular weight is 281 g/mol. The van der Waals surface area contributed by atoms with E-state index in [0.717, 1.165) is 12.8 Å². The third-order valence-electron chi connectivity index (χ3n) is 2.99. The highest BCUT2D eigenvalue weighted by atomic mass is 32.1. The molecule has 1 aliphatic heterocycles. The topological polar surface area (TPSA) is 60.2 Å². The van der Waals surface area contributed by atoms with Gasteiger partial charge in [0.25, 0.3) is 0 Å². The van der Waals surface area contributed by atoms with Gasteiger partial charge in [-0.15, -0.1) is 11.3 Å². The number of rotatable bonds is 3. The van der Waals surface area contributed by atoms with Crippen LogP contribution < -0.4 is 11.3 Å². The molecule has 0 aromatic carbocycles. The van der Waals surface area contributed by atoms with Crippen molar-refractivity contribution in [3.8, 4) is 0 Å². The minimum absolute atomic E-state index is 0.185. The second-order valence-corrected chi connectivity index (χ2v) is 5.22. The van der Waals surface area contributed by atoms with Crippen molar-refractivity contribution < 1.29 is 17.9 Å². The fourth-order valence-electron chi connectivity index (χ4n) is 2.06. The molecule has 0 radical (unpaired) electrons. The summed E-state index contributed by atoms with van der Waals surface area (Å²) in [6.07, 6.45) is -1.56. The fraction of sp³-hybridized carbons (Fsp3) is 0.700. The van der Waals surface area contributed by atoms with Crippen LogP contribution in [0, 0.1) is 5.92 Å². The Hall–Kier alpha value is -0.700. The lowest BCUT2D eigenvalue weighted by Crippen LogP contribution is -2.35. The van der Waals surface area contributed by atoms with Gasteiger partial charge in [0, 0.05) is 24.3 Å². The monoisotopic (exact) mass is 281 g/mol. The first kappa shape index (κ1) is 13.7. The van der Waals surface area contributed by atoms with Gasteiger partial charge in [-0.2, -0.15) is 13.2 Å². The number of hydrazine groups is 1. The van der Waals surface area contributed by atoms with Gasteiger partial charge in [-0.3, -0.25) is 11.3 Å². The molecule has 1 aliphatic rings. The first-order valence-electron chi connectivity index (χ1n) is 5.59. The smallest absolute Gasteiger partial charge is 0.381 e. The molecule has 102 valence electrons. The van der Waals surface area contributed by atoms with E-state index in [1.165, 1.54) is 6.20 Å². The van der Waals surface area contributed by atoms with Crippen molar-refractivity contribution in [3.63, 3.8) is 0 Å². The first-order valence-corrected chi connectivity index (χ1v) is 6.41. The number of alkyl halides is 3. The van der Waals surface area contributed by atoms with Gasteiger partial charge in [0.2, 0.25) is 0 Å². The Morgan fingerprint density at radius 3 is 2.61 bits per heavy atom. The minimum atomic E-state index is -4.39. The Balaban J connectivity index is 2.14. The molecule has 1 aromatic rings. The van der Waals surface area contributed by atoms with Crippen molar-refractivity contribution in [2.75, 3.05) is 13.2 Å². The van der Waals surface area contributed by atoms with Crippen LogP contribution in [0.3, 0.4) is 0 Å². The SMILES string of the molecule is NNC(c1cnc(C(F)(F)F)s1)C1CCOCC1. The molecule has 1 unspecified atom stereocenters. The third-order valence-corrected chi connectivity index (χ3v) is 4.11. The van der Waals surface area contributed by atoms with Crippen LogP contribution in [-0.2, 0) is 10.9 Å².